The molecule has 0 radical (unpaired) electrons. The van der Waals surface area contributed by atoms with Crippen LogP contribution in [0.1, 0.15) is 174 Å². The molecule has 0 fully saturated rings. The van der Waals surface area contributed by atoms with Crippen molar-refractivity contribution in [1.82, 2.24) is 0 Å². The lowest BCUT2D eigenvalue weighted by Crippen LogP contribution is -2.29. The van der Waals surface area contributed by atoms with E-state index in [-0.39, 0.29) is 32.6 Å². The first-order valence-corrected chi connectivity index (χ1v) is 24.7. The van der Waals surface area contributed by atoms with E-state index in [1.54, 1.807) is 0 Å². The third-order valence-corrected chi connectivity index (χ3v) is 10.2. The van der Waals surface area contributed by atoms with Crippen LogP contribution in [-0.4, -0.2) is 49.3 Å². The molecular weight excluding hydrogens is 774 g/mol. The van der Waals surface area contributed by atoms with Crippen LogP contribution in [0.25, 0.3) is 0 Å². The van der Waals surface area contributed by atoms with Crippen LogP contribution >= 0.6 is 7.82 Å². The highest BCUT2D eigenvalue weighted by Crippen LogP contribution is 2.43. The van der Waals surface area contributed by atoms with Crippen LogP contribution in [0.5, 0.6) is 0 Å². The summed E-state index contributed by atoms with van der Waals surface area (Å²) < 4.78 is 32.8. The molecule has 60 heavy (non-hydrogen) atoms. The molecule has 10 heteroatoms. The van der Waals surface area contributed by atoms with Gasteiger partial charge in [-0.05, 0) is 96.3 Å². The number of hydrogen-bond donors (Lipinski definition) is 2. The smallest absolute Gasteiger partial charge is 0.462 e. The summed E-state index contributed by atoms with van der Waals surface area (Å²) >= 11 is 0. The van der Waals surface area contributed by atoms with Gasteiger partial charge in [0, 0.05) is 19.4 Å². The van der Waals surface area contributed by atoms with Crippen LogP contribution in [0, 0.1) is 0 Å². The molecule has 2 atom stereocenters. The van der Waals surface area contributed by atoms with Gasteiger partial charge in [-0.25, -0.2) is 4.57 Å². The summed E-state index contributed by atoms with van der Waals surface area (Å²) in [5, 5.41) is 0. The van der Waals surface area contributed by atoms with E-state index >= 15 is 0 Å². The van der Waals surface area contributed by atoms with Gasteiger partial charge < -0.3 is 20.1 Å². The Bertz CT molecular complexity index is 1300. The molecule has 0 spiro atoms. The van der Waals surface area contributed by atoms with Gasteiger partial charge in [-0.15, -0.1) is 0 Å². The van der Waals surface area contributed by atoms with Crippen LogP contribution < -0.4 is 5.73 Å². The van der Waals surface area contributed by atoms with Crippen LogP contribution in [0.4, 0.5) is 0 Å². The molecule has 0 bridgehead atoms. The lowest BCUT2D eigenvalue weighted by Gasteiger charge is -2.19. The van der Waals surface area contributed by atoms with E-state index in [4.69, 9.17) is 24.3 Å². The summed E-state index contributed by atoms with van der Waals surface area (Å²) in [6.45, 7) is 3.54. The summed E-state index contributed by atoms with van der Waals surface area (Å²) in [4.78, 5) is 34.9. The second kappa shape index (κ2) is 45.5. The third-order valence-electron chi connectivity index (χ3n) is 9.20. The molecule has 342 valence electrons. The van der Waals surface area contributed by atoms with Gasteiger partial charge in [0.25, 0.3) is 0 Å². The average molecular weight is 858 g/mol. The zero-order valence-electron chi connectivity index (χ0n) is 37.7. The Balaban J connectivity index is 4.22. The first-order chi connectivity index (χ1) is 29.3. The molecule has 0 rings (SSSR count). The number of carbonyl (C=O) groups excluding carboxylic acids is 2. The van der Waals surface area contributed by atoms with E-state index in [0.29, 0.717) is 12.8 Å². The van der Waals surface area contributed by atoms with Crippen LogP contribution in [-0.2, 0) is 32.7 Å². The zero-order chi connectivity index (χ0) is 43.9. The number of hydrogen-bond acceptors (Lipinski definition) is 8. The summed E-state index contributed by atoms with van der Waals surface area (Å²) in [5.74, 6) is -0.886. The van der Waals surface area contributed by atoms with Crippen molar-refractivity contribution >= 4 is 19.8 Å². The van der Waals surface area contributed by atoms with E-state index in [1.807, 2.05) is 0 Å². The highest BCUT2D eigenvalue weighted by molar-refractivity contribution is 7.47. The predicted molar refractivity (Wildman–Crippen MR) is 252 cm³/mol. The lowest BCUT2D eigenvalue weighted by atomic mass is 10.1. The minimum Gasteiger partial charge on any atom is -0.462 e. The van der Waals surface area contributed by atoms with Crippen molar-refractivity contribution < 1.29 is 37.6 Å². The van der Waals surface area contributed by atoms with Crippen molar-refractivity contribution in [2.75, 3.05) is 26.4 Å². The average Bonchev–Trinajstić information content (AvgIpc) is 3.24. The van der Waals surface area contributed by atoms with E-state index in [1.165, 1.54) is 38.5 Å². The Morgan fingerprint density at radius 1 is 0.517 bits per heavy atom. The minimum atomic E-state index is -4.40. The van der Waals surface area contributed by atoms with E-state index < -0.39 is 32.5 Å². The van der Waals surface area contributed by atoms with Crippen molar-refractivity contribution in [2.24, 2.45) is 5.73 Å². The molecule has 0 aromatic rings. The van der Waals surface area contributed by atoms with Crippen molar-refractivity contribution in [3.8, 4) is 0 Å². The molecule has 9 nitrogen and oxygen atoms in total. The Hall–Kier alpha value is -3.07. The Labute approximate surface area is 366 Å². The maximum absolute atomic E-state index is 12.6. The van der Waals surface area contributed by atoms with Gasteiger partial charge in [0.2, 0.25) is 0 Å². The van der Waals surface area contributed by atoms with Crippen LogP contribution in [0.15, 0.2) is 97.2 Å². The van der Waals surface area contributed by atoms with Crippen LogP contribution in [0.2, 0.25) is 0 Å². The Morgan fingerprint density at radius 3 is 1.40 bits per heavy atom. The number of rotatable bonds is 42. The molecule has 3 N–H and O–H groups in total. The number of phosphoric acid groups is 1. The maximum Gasteiger partial charge on any atom is 0.472 e. The minimum absolute atomic E-state index is 0.0412. The van der Waals surface area contributed by atoms with Crippen molar-refractivity contribution in [2.45, 2.75) is 180 Å². The van der Waals surface area contributed by atoms with Gasteiger partial charge in [0.1, 0.15) is 6.61 Å². The number of allylic oxidation sites excluding steroid dienone is 16. The van der Waals surface area contributed by atoms with Crippen molar-refractivity contribution in [1.29, 1.82) is 0 Å². The molecule has 0 aromatic carbocycles. The lowest BCUT2D eigenvalue weighted by molar-refractivity contribution is -0.161. The molecule has 0 saturated heterocycles. The maximum atomic E-state index is 12.6. The van der Waals surface area contributed by atoms with E-state index in [2.05, 4.69) is 111 Å². The molecule has 0 amide bonds. The zero-order valence-corrected chi connectivity index (χ0v) is 38.5. The largest absolute Gasteiger partial charge is 0.472 e. The molecule has 2 unspecified atom stereocenters. The number of carbonyl (C=O) groups is 2. The normalized spacial score (nSPS) is 14.1. The van der Waals surface area contributed by atoms with Crippen LogP contribution in [0.3, 0.4) is 0 Å². The summed E-state index contributed by atoms with van der Waals surface area (Å²) in [7, 11) is -4.40. The number of nitrogens with two attached hydrogens (primary N) is 1. The monoisotopic (exact) mass is 858 g/mol. The van der Waals surface area contributed by atoms with Crippen molar-refractivity contribution in [3.63, 3.8) is 0 Å². The number of unbranched alkanes of at least 4 members (excludes halogenated alkanes) is 13. The summed E-state index contributed by atoms with van der Waals surface area (Å²) in [5.41, 5.74) is 5.35. The fourth-order valence-corrected chi connectivity index (χ4v) is 6.55. The van der Waals surface area contributed by atoms with Gasteiger partial charge in [0.05, 0.1) is 13.2 Å². The standard InChI is InChI=1S/C50H84NO8P/c1-3-5-7-9-11-13-15-17-19-20-21-22-23-24-25-26-27-28-29-31-33-35-37-39-41-43-50(53)59-48(47-58-60(54,55)57-45-44-51)46-56-49(52)42-40-38-36-34-32-30-18-16-14-12-10-8-6-4-2/h5,7,11,13,16-19,21-22,24-25,27-28,31,33,48H,3-4,6,8-10,12,14-15,20,23,26,29-30,32,34-47,51H2,1-2H3,(H,54,55)/b7-5-,13-11-,18-16-,19-17-,22-21-,25-24-,28-27-,33-31-. The number of phosphoric ester groups is 1. The molecule has 0 aliphatic rings. The highest BCUT2D eigenvalue weighted by Gasteiger charge is 2.26. The van der Waals surface area contributed by atoms with E-state index in [0.717, 1.165) is 96.3 Å². The van der Waals surface area contributed by atoms with Crippen molar-refractivity contribution in [3.05, 3.63) is 97.2 Å². The molecule has 0 aromatic heterocycles. The first kappa shape index (κ1) is 56.9. The van der Waals surface area contributed by atoms with E-state index in [9.17, 15) is 19.0 Å². The molecule has 0 aliphatic carbocycles. The SMILES string of the molecule is CC/C=C\C/C=C\C/C=C\C/C=C\C/C=C\C/C=C\C/C=C\CCCCCC(=O)OC(COC(=O)CCCCCCC/C=C\CCCCCCC)COP(=O)(O)OCCN. The second-order valence-electron chi connectivity index (χ2n) is 14.9. The first-order valence-electron chi connectivity index (χ1n) is 23.2. The highest BCUT2D eigenvalue weighted by atomic mass is 31.2. The van der Waals surface area contributed by atoms with Gasteiger partial charge in [0.15, 0.2) is 6.10 Å². The Kier molecular flexibility index (Phi) is 43.1. The molecular formula is C50H84NO8P. The van der Waals surface area contributed by atoms with Gasteiger partial charge in [-0.3, -0.25) is 18.6 Å². The molecule has 0 heterocycles. The van der Waals surface area contributed by atoms with Gasteiger partial charge >= 0.3 is 19.8 Å². The molecule has 0 aliphatic heterocycles. The van der Waals surface area contributed by atoms with Gasteiger partial charge in [-0.1, -0.05) is 162 Å². The Morgan fingerprint density at radius 2 is 0.917 bits per heavy atom. The summed E-state index contributed by atoms with van der Waals surface area (Å²) in [6.07, 6.45) is 58.7. The summed E-state index contributed by atoms with van der Waals surface area (Å²) in [6, 6.07) is 0. The third kappa shape index (κ3) is 44.5. The fraction of sp³-hybridized carbons (Fsp3) is 0.640. The fourth-order valence-electron chi connectivity index (χ4n) is 5.78. The predicted octanol–water partition coefficient (Wildman–Crippen LogP) is 13.8. The molecule has 0 saturated carbocycles. The quantitative estimate of drug-likeness (QED) is 0.0266. The van der Waals surface area contributed by atoms with Gasteiger partial charge in [-0.2, -0.15) is 0 Å². The number of esters is 2. The second-order valence-corrected chi connectivity index (χ2v) is 16.3. The topological polar surface area (TPSA) is 134 Å². The number of ether oxygens (including phenoxy) is 2.